The molecule has 2 atom stereocenters. The first-order chi connectivity index (χ1) is 14.5. The average Bonchev–Trinajstić information content (AvgIpc) is 3.35. The SMILES string of the molecule is CN1CC(=O)N2C(Cc3c([nH]c4c(O)cccc34)[C@H]2c2ccc3c(c2)OCO3)C1=O. The van der Waals surface area contributed by atoms with Crippen LogP contribution in [0.15, 0.2) is 36.4 Å². The predicted molar refractivity (Wildman–Crippen MR) is 106 cm³/mol. The fourth-order valence-electron chi connectivity index (χ4n) is 4.89. The number of nitrogens with zero attached hydrogens (tertiary/aromatic N) is 2. The number of rotatable bonds is 1. The maximum Gasteiger partial charge on any atom is 0.245 e. The van der Waals surface area contributed by atoms with Gasteiger partial charge in [0, 0.05) is 24.5 Å². The molecule has 2 N–H and O–H groups in total. The van der Waals surface area contributed by atoms with Gasteiger partial charge in [0.25, 0.3) is 0 Å². The summed E-state index contributed by atoms with van der Waals surface area (Å²) >= 11 is 0. The summed E-state index contributed by atoms with van der Waals surface area (Å²) in [5, 5.41) is 11.2. The number of piperazine rings is 1. The molecule has 0 spiro atoms. The normalized spacial score (nSPS) is 22.4. The third-order valence-corrected chi connectivity index (χ3v) is 6.27. The summed E-state index contributed by atoms with van der Waals surface area (Å²) in [5.41, 5.74) is 3.19. The Bertz CT molecular complexity index is 1230. The molecule has 0 bridgehead atoms. The average molecular weight is 405 g/mol. The Morgan fingerprint density at radius 2 is 1.97 bits per heavy atom. The molecule has 2 amide bonds. The van der Waals surface area contributed by atoms with Gasteiger partial charge in [-0.15, -0.1) is 0 Å². The number of benzene rings is 2. The van der Waals surface area contributed by atoms with Crippen LogP contribution in [-0.2, 0) is 16.0 Å². The van der Waals surface area contributed by atoms with E-state index in [2.05, 4.69) is 4.98 Å². The zero-order valence-electron chi connectivity index (χ0n) is 16.2. The molecule has 1 unspecified atom stereocenters. The highest BCUT2D eigenvalue weighted by molar-refractivity contribution is 5.98. The van der Waals surface area contributed by atoms with Gasteiger partial charge >= 0.3 is 0 Å². The van der Waals surface area contributed by atoms with Crippen molar-refractivity contribution in [3.63, 3.8) is 0 Å². The van der Waals surface area contributed by atoms with Crippen molar-refractivity contribution in [2.24, 2.45) is 0 Å². The number of likely N-dealkylation sites (N-methyl/N-ethyl adjacent to an activating group) is 1. The first-order valence-corrected chi connectivity index (χ1v) is 9.81. The molecule has 3 aromatic rings. The van der Waals surface area contributed by atoms with Gasteiger partial charge in [-0.05, 0) is 29.3 Å². The molecule has 152 valence electrons. The lowest BCUT2D eigenvalue weighted by molar-refractivity contribution is -0.157. The van der Waals surface area contributed by atoms with Gasteiger partial charge in [-0.25, -0.2) is 0 Å². The number of carbonyl (C=O) groups excluding carboxylic acids is 2. The number of fused-ring (bicyclic) bond motifs is 5. The second-order valence-electron chi connectivity index (χ2n) is 7.95. The number of aromatic amines is 1. The highest BCUT2D eigenvalue weighted by Crippen LogP contribution is 2.45. The third kappa shape index (κ3) is 2.21. The van der Waals surface area contributed by atoms with E-state index in [4.69, 9.17) is 9.47 Å². The summed E-state index contributed by atoms with van der Waals surface area (Å²) in [7, 11) is 1.66. The van der Waals surface area contributed by atoms with Crippen LogP contribution >= 0.6 is 0 Å². The van der Waals surface area contributed by atoms with E-state index in [0.717, 1.165) is 22.2 Å². The summed E-state index contributed by atoms with van der Waals surface area (Å²) < 4.78 is 11.0. The predicted octanol–water partition coefficient (Wildman–Crippen LogP) is 1.92. The number of phenolic OH excluding ortho intramolecular Hbond substituents is 1. The van der Waals surface area contributed by atoms with Crippen molar-refractivity contribution in [1.82, 2.24) is 14.8 Å². The molecule has 1 saturated heterocycles. The number of hydrogen-bond acceptors (Lipinski definition) is 5. The second kappa shape index (κ2) is 5.91. The molecule has 4 heterocycles. The van der Waals surface area contributed by atoms with E-state index in [1.807, 2.05) is 24.3 Å². The van der Waals surface area contributed by atoms with Crippen LogP contribution < -0.4 is 9.47 Å². The summed E-state index contributed by atoms with van der Waals surface area (Å²) in [6.07, 6.45) is 0.398. The van der Waals surface area contributed by atoms with Crippen molar-refractivity contribution in [2.45, 2.75) is 18.5 Å². The Morgan fingerprint density at radius 3 is 2.83 bits per heavy atom. The van der Waals surface area contributed by atoms with Gasteiger partial charge in [-0.3, -0.25) is 9.59 Å². The number of aromatic hydroxyl groups is 1. The van der Waals surface area contributed by atoms with E-state index in [1.54, 1.807) is 24.1 Å². The molecule has 6 rings (SSSR count). The van der Waals surface area contributed by atoms with Crippen LogP contribution in [0.5, 0.6) is 17.2 Å². The number of H-pyrrole nitrogens is 1. The molecule has 3 aliphatic heterocycles. The van der Waals surface area contributed by atoms with Crippen LogP contribution in [0, 0.1) is 0 Å². The van der Waals surface area contributed by atoms with Gasteiger partial charge in [0.1, 0.15) is 11.8 Å². The van der Waals surface area contributed by atoms with E-state index >= 15 is 0 Å². The number of hydrogen-bond donors (Lipinski definition) is 2. The molecule has 1 fully saturated rings. The van der Waals surface area contributed by atoms with E-state index in [9.17, 15) is 14.7 Å². The smallest absolute Gasteiger partial charge is 0.245 e. The molecule has 1 aromatic heterocycles. The monoisotopic (exact) mass is 405 g/mol. The molecule has 0 saturated carbocycles. The standard InChI is InChI=1S/C22H19N3O5/c1-24-9-18(27)25-14(22(24)28)8-13-12-3-2-4-15(26)19(12)23-20(13)21(25)11-5-6-16-17(7-11)30-10-29-16/h2-7,14,21,23,26H,8-10H2,1H3/t14?,21-/m1/s1. The summed E-state index contributed by atoms with van der Waals surface area (Å²) in [6.45, 7) is 0.195. The Morgan fingerprint density at radius 1 is 1.13 bits per heavy atom. The molecular formula is C22H19N3O5. The van der Waals surface area contributed by atoms with Crippen LogP contribution in [0.25, 0.3) is 10.9 Å². The molecule has 2 aromatic carbocycles. The molecular weight excluding hydrogens is 386 g/mol. The highest BCUT2D eigenvalue weighted by Gasteiger charge is 2.47. The Hall–Kier alpha value is -3.68. The third-order valence-electron chi connectivity index (χ3n) is 6.27. The minimum atomic E-state index is -0.597. The molecule has 0 radical (unpaired) electrons. The summed E-state index contributed by atoms with van der Waals surface area (Å²) in [5.74, 6) is 1.21. The van der Waals surface area contributed by atoms with Gasteiger partial charge < -0.3 is 29.4 Å². The van der Waals surface area contributed by atoms with Gasteiger partial charge in [0.2, 0.25) is 18.6 Å². The number of nitrogens with one attached hydrogen (secondary N) is 1. The van der Waals surface area contributed by atoms with Crippen LogP contribution in [0.3, 0.4) is 0 Å². The molecule has 0 aliphatic carbocycles. The van der Waals surface area contributed by atoms with Gasteiger partial charge in [0.15, 0.2) is 11.5 Å². The van der Waals surface area contributed by atoms with Crippen molar-refractivity contribution in [3.8, 4) is 17.2 Å². The molecule has 3 aliphatic rings. The quantitative estimate of drug-likeness (QED) is 0.645. The van der Waals surface area contributed by atoms with Gasteiger partial charge in [-0.1, -0.05) is 18.2 Å². The number of aromatic nitrogens is 1. The van der Waals surface area contributed by atoms with Crippen LogP contribution in [0.4, 0.5) is 0 Å². The Labute approximate surface area is 171 Å². The first kappa shape index (κ1) is 17.2. The zero-order chi connectivity index (χ0) is 20.6. The number of phenols is 1. The second-order valence-corrected chi connectivity index (χ2v) is 7.95. The highest BCUT2D eigenvalue weighted by atomic mass is 16.7. The molecule has 8 nitrogen and oxygen atoms in total. The zero-order valence-corrected chi connectivity index (χ0v) is 16.2. The van der Waals surface area contributed by atoms with Crippen LogP contribution in [-0.4, -0.2) is 58.1 Å². The van der Waals surface area contributed by atoms with Crippen molar-refractivity contribution < 1.29 is 24.2 Å². The Kier molecular flexibility index (Phi) is 3.39. The van der Waals surface area contributed by atoms with Crippen LogP contribution in [0.1, 0.15) is 22.9 Å². The molecule has 8 heteroatoms. The minimum Gasteiger partial charge on any atom is -0.506 e. The van der Waals surface area contributed by atoms with Crippen LogP contribution in [0.2, 0.25) is 0 Å². The van der Waals surface area contributed by atoms with E-state index < -0.39 is 12.1 Å². The number of ether oxygens (including phenoxy) is 2. The van der Waals surface area contributed by atoms with Gasteiger partial charge in [-0.2, -0.15) is 0 Å². The maximum atomic E-state index is 13.1. The van der Waals surface area contributed by atoms with E-state index in [0.29, 0.717) is 23.4 Å². The van der Waals surface area contributed by atoms with Crippen molar-refractivity contribution >= 4 is 22.7 Å². The number of para-hydroxylation sites is 1. The number of carbonyl (C=O) groups is 2. The Balaban J connectivity index is 1.61. The summed E-state index contributed by atoms with van der Waals surface area (Å²) in [4.78, 5) is 32.6. The van der Waals surface area contributed by atoms with Crippen molar-refractivity contribution in [2.75, 3.05) is 20.4 Å². The lowest BCUT2D eigenvalue weighted by atomic mass is 9.86. The fourth-order valence-corrected chi connectivity index (χ4v) is 4.89. The topological polar surface area (TPSA) is 95.1 Å². The minimum absolute atomic E-state index is 0.0389. The first-order valence-electron chi connectivity index (χ1n) is 9.81. The summed E-state index contributed by atoms with van der Waals surface area (Å²) in [6, 6.07) is 9.82. The number of amides is 2. The van der Waals surface area contributed by atoms with Crippen molar-refractivity contribution in [3.05, 3.63) is 53.2 Å². The lowest BCUT2D eigenvalue weighted by Crippen LogP contribution is -2.62. The molecule has 30 heavy (non-hydrogen) atoms. The maximum absolute atomic E-state index is 13.1. The van der Waals surface area contributed by atoms with Crippen molar-refractivity contribution in [1.29, 1.82) is 0 Å². The van der Waals surface area contributed by atoms with E-state index in [1.165, 1.54) is 4.90 Å². The fraction of sp³-hybridized carbons (Fsp3) is 0.273. The van der Waals surface area contributed by atoms with E-state index in [-0.39, 0.29) is 30.9 Å². The van der Waals surface area contributed by atoms with Gasteiger partial charge in [0.05, 0.1) is 18.1 Å². The lowest BCUT2D eigenvalue weighted by Gasteiger charge is -2.46. The largest absolute Gasteiger partial charge is 0.506 e.